The van der Waals surface area contributed by atoms with Crippen molar-refractivity contribution in [2.45, 2.75) is 65.6 Å². The van der Waals surface area contributed by atoms with Crippen LogP contribution in [0, 0.1) is 6.92 Å². The average Bonchev–Trinajstić information content (AvgIpc) is 2.80. The van der Waals surface area contributed by atoms with Gasteiger partial charge in [-0.25, -0.2) is 8.42 Å². The molecule has 1 N–H and O–H groups in total. The molecule has 2 aromatic carbocycles. The molecule has 7 nitrogen and oxygen atoms in total. The lowest BCUT2D eigenvalue weighted by atomic mass is 10.1. The Labute approximate surface area is 224 Å². The van der Waals surface area contributed by atoms with Crippen molar-refractivity contribution in [3.05, 3.63) is 63.6 Å². The molecule has 0 heterocycles. The maximum absolute atomic E-state index is 13.4. The van der Waals surface area contributed by atoms with Gasteiger partial charge in [-0.05, 0) is 57.4 Å². The van der Waals surface area contributed by atoms with Crippen LogP contribution in [-0.4, -0.2) is 50.0 Å². The van der Waals surface area contributed by atoms with Crippen LogP contribution in [0.15, 0.2) is 42.5 Å². The van der Waals surface area contributed by atoms with E-state index in [9.17, 15) is 18.0 Å². The highest BCUT2D eigenvalue weighted by Gasteiger charge is 2.27. The Kier molecular flexibility index (Phi) is 11.1. The summed E-state index contributed by atoms with van der Waals surface area (Å²) in [7, 11) is -3.67. The Morgan fingerprint density at radius 3 is 2.39 bits per heavy atom. The summed E-state index contributed by atoms with van der Waals surface area (Å²) in [6.07, 6.45) is 2.14. The van der Waals surface area contributed by atoms with E-state index in [1.165, 1.54) is 12.1 Å². The van der Waals surface area contributed by atoms with Crippen LogP contribution in [0.5, 0.6) is 0 Å². The molecule has 10 heteroatoms. The van der Waals surface area contributed by atoms with Crippen molar-refractivity contribution in [3.63, 3.8) is 0 Å². The number of halogens is 2. The molecular formula is C26H35Cl2N3O4S. The van der Waals surface area contributed by atoms with E-state index in [1.807, 2.05) is 45.0 Å². The fourth-order valence-corrected chi connectivity index (χ4v) is 5.12. The number of amides is 2. The van der Waals surface area contributed by atoms with Crippen molar-refractivity contribution < 1.29 is 18.0 Å². The molecule has 2 amide bonds. The molecule has 0 aliphatic rings. The summed E-state index contributed by atoms with van der Waals surface area (Å²) in [6.45, 7) is 7.88. The number of rotatable bonds is 12. The minimum absolute atomic E-state index is 0.0124. The average molecular weight is 557 g/mol. The molecule has 36 heavy (non-hydrogen) atoms. The molecule has 0 aliphatic carbocycles. The molecule has 0 aromatic heterocycles. The normalized spacial score (nSPS) is 13.1. The van der Waals surface area contributed by atoms with Crippen molar-refractivity contribution in [1.29, 1.82) is 0 Å². The van der Waals surface area contributed by atoms with Crippen LogP contribution in [0.1, 0.15) is 51.2 Å². The number of carbonyl (C=O) groups excluding carboxylic acids is 2. The molecular weight excluding hydrogens is 521 g/mol. The van der Waals surface area contributed by atoms with E-state index in [4.69, 9.17) is 23.2 Å². The van der Waals surface area contributed by atoms with E-state index in [0.29, 0.717) is 5.02 Å². The van der Waals surface area contributed by atoms with E-state index in [0.717, 1.165) is 28.1 Å². The van der Waals surface area contributed by atoms with Gasteiger partial charge >= 0.3 is 0 Å². The van der Waals surface area contributed by atoms with Gasteiger partial charge in [-0.15, -0.1) is 0 Å². The second-order valence-corrected chi connectivity index (χ2v) is 11.8. The molecule has 198 valence electrons. The van der Waals surface area contributed by atoms with E-state index in [2.05, 4.69) is 5.32 Å². The number of hydrogen-bond acceptors (Lipinski definition) is 4. The molecule has 2 aromatic rings. The van der Waals surface area contributed by atoms with Gasteiger partial charge in [0.15, 0.2) is 0 Å². The van der Waals surface area contributed by atoms with Gasteiger partial charge in [0.1, 0.15) is 6.04 Å². The van der Waals surface area contributed by atoms with Crippen molar-refractivity contribution in [3.8, 4) is 0 Å². The van der Waals surface area contributed by atoms with E-state index in [-0.39, 0.29) is 54.5 Å². The van der Waals surface area contributed by atoms with Crippen LogP contribution in [-0.2, 0) is 26.2 Å². The highest BCUT2D eigenvalue weighted by atomic mass is 35.5. The van der Waals surface area contributed by atoms with Gasteiger partial charge in [-0.2, -0.15) is 0 Å². The third-order valence-corrected chi connectivity index (χ3v) is 7.67. The van der Waals surface area contributed by atoms with Gasteiger partial charge in [-0.3, -0.25) is 13.9 Å². The maximum atomic E-state index is 13.4. The van der Waals surface area contributed by atoms with Gasteiger partial charge in [0.05, 0.1) is 17.0 Å². The zero-order valence-corrected chi connectivity index (χ0v) is 23.8. The smallest absolute Gasteiger partial charge is 0.242 e. The number of anilines is 1. The molecule has 0 aliphatic heterocycles. The Morgan fingerprint density at radius 2 is 1.78 bits per heavy atom. The zero-order valence-electron chi connectivity index (χ0n) is 21.4. The fraction of sp³-hybridized carbons (Fsp3) is 0.462. The summed E-state index contributed by atoms with van der Waals surface area (Å²) in [6, 6.07) is 11.7. The first-order valence-corrected chi connectivity index (χ1v) is 14.5. The maximum Gasteiger partial charge on any atom is 0.242 e. The summed E-state index contributed by atoms with van der Waals surface area (Å²) >= 11 is 12.3. The van der Waals surface area contributed by atoms with Crippen molar-refractivity contribution in [2.75, 3.05) is 17.1 Å². The summed E-state index contributed by atoms with van der Waals surface area (Å²) in [5, 5.41) is 3.54. The quantitative estimate of drug-likeness (QED) is 0.391. The molecule has 0 spiro atoms. The minimum Gasteiger partial charge on any atom is -0.352 e. The number of benzene rings is 2. The topological polar surface area (TPSA) is 86.8 Å². The van der Waals surface area contributed by atoms with Gasteiger partial charge in [0.25, 0.3) is 0 Å². The molecule has 2 rings (SSSR count). The number of nitrogens with one attached hydrogen (secondary N) is 1. The largest absolute Gasteiger partial charge is 0.352 e. The molecule has 0 fully saturated rings. The van der Waals surface area contributed by atoms with E-state index in [1.54, 1.807) is 17.9 Å². The monoisotopic (exact) mass is 555 g/mol. The molecule has 2 atom stereocenters. The minimum atomic E-state index is -3.67. The number of nitrogens with zero attached hydrogens (tertiary/aromatic N) is 2. The summed E-state index contributed by atoms with van der Waals surface area (Å²) in [5.74, 6) is -0.470. The lowest BCUT2D eigenvalue weighted by Crippen LogP contribution is -2.49. The van der Waals surface area contributed by atoms with Crippen LogP contribution in [0.3, 0.4) is 0 Å². The predicted octanol–water partition coefficient (Wildman–Crippen LogP) is 5.18. The van der Waals surface area contributed by atoms with Gasteiger partial charge < -0.3 is 10.2 Å². The van der Waals surface area contributed by atoms with Crippen molar-refractivity contribution >= 4 is 50.7 Å². The number of hydrogen-bond donors (Lipinski definition) is 1. The number of sulfonamides is 1. The Hall–Kier alpha value is -2.29. The van der Waals surface area contributed by atoms with Gasteiger partial charge in [0, 0.05) is 30.6 Å². The lowest BCUT2D eigenvalue weighted by Gasteiger charge is -2.30. The number of aryl methyl sites for hydroxylation is 1. The highest BCUT2D eigenvalue weighted by molar-refractivity contribution is 7.92. The predicted molar refractivity (Wildman–Crippen MR) is 147 cm³/mol. The van der Waals surface area contributed by atoms with Gasteiger partial charge in [0.2, 0.25) is 21.8 Å². The Bertz CT molecular complexity index is 1170. The second-order valence-electron chi connectivity index (χ2n) is 9.04. The van der Waals surface area contributed by atoms with Crippen LogP contribution < -0.4 is 9.62 Å². The summed E-state index contributed by atoms with van der Waals surface area (Å²) in [4.78, 5) is 27.8. The Morgan fingerprint density at radius 1 is 1.08 bits per heavy atom. The first-order valence-electron chi connectivity index (χ1n) is 11.9. The first-order chi connectivity index (χ1) is 16.8. The molecule has 0 bridgehead atoms. The second kappa shape index (κ2) is 13.3. The molecule has 0 radical (unpaired) electrons. The van der Waals surface area contributed by atoms with Crippen molar-refractivity contribution in [1.82, 2.24) is 10.2 Å². The molecule has 0 unspecified atom stereocenters. The molecule has 0 saturated carbocycles. The summed E-state index contributed by atoms with van der Waals surface area (Å²) in [5.41, 5.74) is 2.23. The van der Waals surface area contributed by atoms with Crippen LogP contribution in [0.2, 0.25) is 10.0 Å². The van der Waals surface area contributed by atoms with E-state index >= 15 is 0 Å². The summed E-state index contributed by atoms with van der Waals surface area (Å²) < 4.78 is 26.1. The van der Waals surface area contributed by atoms with Crippen molar-refractivity contribution in [2.24, 2.45) is 0 Å². The van der Waals surface area contributed by atoms with E-state index < -0.39 is 16.1 Å². The lowest BCUT2D eigenvalue weighted by molar-refractivity contribution is -0.140. The third-order valence-electron chi connectivity index (χ3n) is 5.93. The Balaban J connectivity index is 2.21. The third kappa shape index (κ3) is 8.68. The SMILES string of the molecule is CC[C@@H](C)NC(=O)[C@@H](C)N(Cc1cccc(C)c1)C(=O)CCCN(c1cc(Cl)ccc1Cl)S(C)(=O)=O. The number of carbonyl (C=O) groups is 2. The van der Waals surface area contributed by atoms with Gasteiger partial charge in [-0.1, -0.05) is 60.0 Å². The zero-order chi connectivity index (χ0) is 27.0. The highest BCUT2D eigenvalue weighted by Crippen LogP contribution is 2.31. The van der Waals surface area contributed by atoms with Crippen LogP contribution in [0.25, 0.3) is 0 Å². The standard InChI is InChI=1S/C26H35Cl2N3O4S/c1-6-19(3)29-26(33)20(4)30(17-21-10-7-9-18(2)15-21)25(32)11-8-14-31(36(5,34)35)24-16-22(27)12-13-23(24)28/h7,9-10,12-13,15-16,19-20H,6,8,11,14,17H2,1-5H3,(H,29,33)/t19-,20-/m1/s1. The van der Waals surface area contributed by atoms with Crippen LogP contribution in [0.4, 0.5) is 5.69 Å². The first kappa shape index (κ1) is 29.9. The molecule has 0 saturated heterocycles. The van der Waals surface area contributed by atoms with Crippen LogP contribution >= 0.6 is 23.2 Å². The fourth-order valence-electron chi connectivity index (χ4n) is 3.71.